The number of hydrogen-bond donors (Lipinski definition) is 1. The van der Waals surface area contributed by atoms with E-state index in [0.717, 1.165) is 36.2 Å². The van der Waals surface area contributed by atoms with E-state index in [1.54, 1.807) is 0 Å². The van der Waals surface area contributed by atoms with E-state index in [4.69, 9.17) is 9.47 Å². The second-order valence-electron chi connectivity index (χ2n) is 7.71. The van der Waals surface area contributed by atoms with E-state index in [2.05, 4.69) is 10.1 Å². The molecule has 2 heterocycles. The van der Waals surface area contributed by atoms with E-state index in [-0.39, 0.29) is 44.7 Å². The van der Waals surface area contributed by atoms with Crippen molar-refractivity contribution in [1.29, 1.82) is 0 Å². The zero-order valence-corrected chi connectivity index (χ0v) is 19.2. The maximum atomic E-state index is 12.4. The van der Waals surface area contributed by atoms with Crippen LogP contribution in [0.1, 0.15) is 51.3 Å². The Morgan fingerprint density at radius 1 is 1.00 bits per heavy atom. The predicted octanol–water partition coefficient (Wildman–Crippen LogP) is 1.29. The Kier molecular flexibility index (Phi) is 7.46. The van der Waals surface area contributed by atoms with Gasteiger partial charge in [0, 0.05) is 0 Å². The molecule has 0 radical (unpaired) electrons. The summed E-state index contributed by atoms with van der Waals surface area (Å²) in [6.45, 7) is 0.232. The Morgan fingerprint density at radius 2 is 1.58 bits per heavy atom. The van der Waals surface area contributed by atoms with Gasteiger partial charge in [-0.2, -0.15) is 0 Å². The van der Waals surface area contributed by atoms with Crippen LogP contribution in [-0.4, -0.2) is 67.9 Å². The number of rotatable bonds is 7. The van der Waals surface area contributed by atoms with Crippen LogP contribution in [0.4, 0.5) is 5.00 Å². The summed E-state index contributed by atoms with van der Waals surface area (Å²) in [5.41, 5.74) is 0.261. The molecule has 2 unspecified atom stereocenters. The van der Waals surface area contributed by atoms with Crippen molar-refractivity contribution in [1.82, 2.24) is 4.90 Å². The van der Waals surface area contributed by atoms with Gasteiger partial charge in [0.15, 0.2) is 6.61 Å². The maximum Gasteiger partial charge on any atom is 0.348 e. The molecular formula is C21H24N2O9S. The lowest BCUT2D eigenvalue weighted by Gasteiger charge is -2.19. The monoisotopic (exact) mass is 480 g/mol. The van der Waals surface area contributed by atoms with Gasteiger partial charge < -0.3 is 19.5 Å². The van der Waals surface area contributed by atoms with Gasteiger partial charge in [0.1, 0.15) is 16.4 Å². The fourth-order valence-electron chi connectivity index (χ4n) is 4.11. The average molecular weight is 480 g/mol. The van der Waals surface area contributed by atoms with Crippen LogP contribution < -0.4 is 5.32 Å². The molecule has 33 heavy (non-hydrogen) atoms. The van der Waals surface area contributed by atoms with E-state index >= 15 is 0 Å². The van der Waals surface area contributed by atoms with Crippen LogP contribution in [-0.2, 0) is 33.4 Å². The highest BCUT2D eigenvalue weighted by molar-refractivity contribution is 7.18. The molecule has 1 aliphatic carbocycles. The standard InChI is InChI=1S/C21H24N2O9S/c1-10-15(20(28)30-2)17(33-16(10)21(29)31-3)22-13(24)9-32-14(25)8-23-18(26)11-6-4-5-7-12(11)19(23)27/h11-12H,4-9H2,1-3H3,(H,22,24). The Morgan fingerprint density at radius 3 is 2.12 bits per heavy atom. The molecule has 1 aliphatic heterocycles. The second-order valence-corrected chi connectivity index (χ2v) is 8.73. The van der Waals surface area contributed by atoms with E-state index in [0.29, 0.717) is 12.8 Å². The molecule has 3 rings (SSSR count). The number of anilines is 1. The number of nitrogens with zero attached hydrogens (tertiary/aromatic N) is 1. The van der Waals surface area contributed by atoms with Crippen LogP contribution in [0.5, 0.6) is 0 Å². The van der Waals surface area contributed by atoms with Crippen molar-refractivity contribution < 1.29 is 43.0 Å². The highest BCUT2D eigenvalue weighted by atomic mass is 32.1. The Bertz CT molecular complexity index is 992. The molecule has 3 amide bonds. The summed E-state index contributed by atoms with van der Waals surface area (Å²) < 4.78 is 14.3. The van der Waals surface area contributed by atoms with Crippen molar-refractivity contribution in [3.8, 4) is 0 Å². The quantitative estimate of drug-likeness (QED) is 0.346. The molecule has 1 saturated heterocycles. The van der Waals surface area contributed by atoms with Gasteiger partial charge in [0.2, 0.25) is 11.8 Å². The molecule has 1 aromatic heterocycles. The molecule has 2 aliphatic rings. The van der Waals surface area contributed by atoms with Crippen LogP contribution >= 0.6 is 11.3 Å². The number of ether oxygens (including phenoxy) is 3. The number of methoxy groups -OCH3 is 2. The summed E-state index contributed by atoms with van der Waals surface area (Å²) in [6.07, 6.45) is 2.98. The minimum absolute atomic E-state index is 0.0153. The third-order valence-electron chi connectivity index (χ3n) is 5.74. The number of amides is 3. The highest BCUT2D eigenvalue weighted by Crippen LogP contribution is 2.38. The minimum atomic E-state index is -0.906. The van der Waals surface area contributed by atoms with Gasteiger partial charge in [0.25, 0.3) is 5.91 Å². The van der Waals surface area contributed by atoms with Crippen molar-refractivity contribution in [3.05, 3.63) is 16.0 Å². The third kappa shape index (κ3) is 4.90. The van der Waals surface area contributed by atoms with E-state index in [1.165, 1.54) is 14.0 Å². The molecule has 1 saturated carbocycles. The maximum absolute atomic E-state index is 12.4. The first-order valence-corrected chi connectivity index (χ1v) is 11.1. The minimum Gasteiger partial charge on any atom is -0.465 e. The smallest absolute Gasteiger partial charge is 0.348 e. The van der Waals surface area contributed by atoms with Crippen molar-refractivity contribution in [2.45, 2.75) is 32.6 Å². The van der Waals surface area contributed by atoms with Gasteiger partial charge in [0.05, 0.1) is 31.6 Å². The number of carbonyl (C=O) groups excluding carboxylic acids is 6. The molecule has 2 fully saturated rings. The molecule has 0 aromatic carbocycles. The summed E-state index contributed by atoms with van der Waals surface area (Å²) in [6, 6.07) is 0. The van der Waals surface area contributed by atoms with Crippen molar-refractivity contribution >= 4 is 52.0 Å². The van der Waals surface area contributed by atoms with E-state index < -0.39 is 37.0 Å². The van der Waals surface area contributed by atoms with Crippen LogP contribution in [0.25, 0.3) is 0 Å². The first-order valence-electron chi connectivity index (χ1n) is 10.3. The number of carbonyl (C=O) groups is 6. The van der Waals surface area contributed by atoms with E-state index in [1.807, 2.05) is 0 Å². The molecule has 178 valence electrons. The lowest BCUT2D eigenvalue weighted by atomic mass is 9.81. The third-order valence-corrected chi connectivity index (χ3v) is 6.93. The first kappa shape index (κ1) is 24.4. The lowest BCUT2D eigenvalue weighted by Crippen LogP contribution is -2.37. The number of esters is 3. The highest BCUT2D eigenvalue weighted by Gasteiger charge is 2.48. The number of thiophene rings is 1. The summed E-state index contributed by atoms with van der Waals surface area (Å²) in [7, 11) is 2.34. The van der Waals surface area contributed by atoms with Gasteiger partial charge in [-0.1, -0.05) is 12.8 Å². The number of imide groups is 1. The SMILES string of the molecule is COC(=O)c1sc(NC(=O)COC(=O)CN2C(=O)C3CCCCC3C2=O)c(C(=O)OC)c1C. The Balaban J connectivity index is 1.61. The molecule has 12 heteroatoms. The van der Waals surface area contributed by atoms with Gasteiger partial charge in [-0.25, -0.2) is 9.59 Å². The summed E-state index contributed by atoms with van der Waals surface area (Å²) >= 11 is 0.818. The largest absolute Gasteiger partial charge is 0.465 e. The molecule has 2 atom stereocenters. The van der Waals surface area contributed by atoms with Gasteiger partial charge in [-0.05, 0) is 25.3 Å². The normalized spacial score (nSPS) is 19.7. The van der Waals surface area contributed by atoms with E-state index in [9.17, 15) is 28.8 Å². The zero-order chi connectivity index (χ0) is 24.3. The predicted molar refractivity (Wildman–Crippen MR) is 113 cm³/mol. The zero-order valence-electron chi connectivity index (χ0n) is 18.4. The van der Waals surface area contributed by atoms with Crippen LogP contribution in [0.3, 0.4) is 0 Å². The van der Waals surface area contributed by atoms with Gasteiger partial charge in [-0.3, -0.25) is 24.1 Å². The number of nitrogens with one attached hydrogen (secondary N) is 1. The van der Waals surface area contributed by atoms with Gasteiger partial charge >= 0.3 is 17.9 Å². The second kappa shape index (κ2) is 10.1. The average Bonchev–Trinajstić information content (AvgIpc) is 3.25. The Hall–Kier alpha value is -3.28. The summed E-state index contributed by atoms with van der Waals surface area (Å²) in [5.74, 6) is -4.66. The lowest BCUT2D eigenvalue weighted by molar-refractivity contribution is -0.154. The van der Waals surface area contributed by atoms with Crippen molar-refractivity contribution in [3.63, 3.8) is 0 Å². The van der Waals surface area contributed by atoms with Crippen LogP contribution in [0.2, 0.25) is 0 Å². The Labute approximate surface area is 193 Å². The number of likely N-dealkylation sites (tertiary alicyclic amines) is 1. The fraction of sp³-hybridized carbons (Fsp3) is 0.524. The number of fused-ring (bicyclic) bond motifs is 1. The van der Waals surface area contributed by atoms with Crippen LogP contribution in [0.15, 0.2) is 0 Å². The molecule has 1 aromatic rings. The topological polar surface area (TPSA) is 145 Å². The van der Waals surface area contributed by atoms with Crippen molar-refractivity contribution in [2.24, 2.45) is 11.8 Å². The summed E-state index contributed by atoms with van der Waals surface area (Å²) in [5, 5.41) is 2.46. The molecule has 1 N–H and O–H groups in total. The molecule has 0 bridgehead atoms. The molecular weight excluding hydrogens is 456 g/mol. The molecule has 0 spiro atoms. The summed E-state index contributed by atoms with van der Waals surface area (Å²) in [4.78, 5) is 74.4. The van der Waals surface area contributed by atoms with Crippen LogP contribution in [0, 0.1) is 18.8 Å². The first-order chi connectivity index (χ1) is 15.7. The number of hydrogen-bond acceptors (Lipinski definition) is 10. The van der Waals surface area contributed by atoms with Crippen molar-refractivity contribution in [2.75, 3.05) is 32.7 Å². The fourth-order valence-corrected chi connectivity index (χ4v) is 5.24. The molecule has 11 nitrogen and oxygen atoms in total. The van der Waals surface area contributed by atoms with Gasteiger partial charge in [-0.15, -0.1) is 11.3 Å².